The number of rotatable bonds is 7. The van der Waals surface area contributed by atoms with Gasteiger partial charge in [-0.3, -0.25) is 4.79 Å². The van der Waals surface area contributed by atoms with Crippen LogP contribution < -0.4 is 5.32 Å². The van der Waals surface area contributed by atoms with E-state index >= 15 is 0 Å². The third kappa shape index (κ3) is 5.28. The van der Waals surface area contributed by atoms with Crippen LogP contribution in [-0.2, 0) is 20.6 Å². The summed E-state index contributed by atoms with van der Waals surface area (Å²) in [5.74, 6) is 0.0275. The van der Waals surface area contributed by atoms with Crippen molar-refractivity contribution in [1.29, 1.82) is 0 Å². The van der Waals surface area contributed by atoms with Crippen molar-refractivity contribution >= 4 is 15.9 Å². The van der Waals surface area contributed by atoms with Crippen LogP contribution in [0, 0.1) is 12.8 Å². The molecule has 1 amide bonds. The Hall–Kier alpha value is -1.40. The minimum atomic E-state index is -3.34. The van der Waals surface area contributed by atoms with Gasteiger partial charge in [-0.15, -0.1) is 0 Å². The molecule has 1 saturated heterocycles. The average Bonchev–Trinajstić information content (AvgIpc) is 2.61. The molecule has 0 atom stereocenters. The molecule has 1 aromatic rings. The molecule has 0 bridgehead atoms. The summed E-state index contributed by atoms with van der Waals surface area (Å²) in [4.78, 5) is 12.3. The van der Waals surface area contributed by atoms with Gasteiger partial charge in [0, 0.05) is 25.0 Å². The van der Waals surface area contributed by atoms with Crippen molar-refractivity contribution in [2.75, 3.05) is 13.1 Å². The van der Waals surface area contributed by atoms with E-state index in [1.165, 1.54) is 0 Å². The molecule has 6 heteroatoms. The van der Waals surface area contributed by atoms with E-state index < -0.39 is 10.0 Å². The molecular formula is C19H30N2O3S. The number of nitrogens with zero attached hydrogens (tertiary/aromatic N) is 1. The minimum Gasteiger partial charge on any atom is -0.353 e. The van der Waals surface area contributed by atoms with Gasteiger partial charge in [0.05, 0.1) is 5.75 Å². The van der Waals surface area contributed by atoms with Gasteiger partial charge in [-0.1, -0.05) is 38.1 Å². The molecule has 1 fully saturated rings. The molecule has 0 unspecified atom stereocenters. The lowest BCUT2D eigenvalue weighted by Gasteiger charge is -2.31. The summed E-state index contributed by atoms with van der Waals surface area (Å²) in [6.07, 6.45) is 3.04. The van der Waals surface area contributed by atoms with E-state index in [1.807, 2.05) is 31.2 Å². The smallest absolute Gasteiger partial charge is 0.223 e. The molecule has 0 aliphatic carbocycles. The number of amides is 1. The van der Waals surface area contributed by atoms with E-state index in [9.17, 15) is 13.2 Å². The molecule has 1 heterocycles. The summed E-state index contributed by atoms with van der Waals surface area (Å²) < 4.78 is 26.9. The number of piperidine rings is 1. The number of carbonyl (C=O) groups is 1. The second kappa shape index (κ2) is 8.81. The van der Waals surface area contributed by atoms with Gasteiger partial charge in [-0.2, -0.15) is 0 Å². The van der Waals surface area contributed by atoms with Crippen molar-refractivity contribution in [2.45, 2.75) is 58.2 Å². The van der Waals surface area contributed by atoms with Gasteiger partial charge in [0.25, 0.3) is 0 Å². The summed E-state index contributed by atoms with van der Waals surface area (Å²) >= 11 is 0. The maximum Gasteiger partial charge on any atom is 0.223 e. The Morgan fingerprint density at radius 1 is 1.20 bits per heavy atom. The molecule has 0 radical (unpaired) electrons. The van der Waals surface area contributed by atoms with Gasteiger partial charge in [-0.25, -0.2) is 12.7 Å². The summed E-state index contributed by atoms with van der Waals surface area (Å²) in [5.41, 5.74) is 1.83. The van der Waals surface area contributed by atoms with Crippen molar-refractivity contribution in [3.05, 3.63) is 35.4 Å². The van der Waals surface area contributed by atoms with Gasteiger partial charge in [-0.05, 0) is 43.7 Å². The highest BCUT2D eigenvalue weighted by Crippen LogP contribution is 2.23. The standard InChI is InChI=1S/C19H30N2O3S/c1-4-18(5-2)20-19(22)16-10-12-21(13-11-16)25(23,24)14-17-9-7-6-8-15(17)3/h6-9,16,18H,4-5,10-14H2,1-3H3,(H,20,22). The number of aryl methyl sites for hydroxylation is 1. The fourth-order valence-corrected chi connectivity index (χ4v) is 4.93. The molecule has 1 N–H and O–H groups in total. The van der Waals surface area contributed by atoms with Crippen LogP contribution in [0.25, 0.3) is 0 Å². The lowest BCUT2D eigenvalue weighted by molar-refractivity contribution is -0.126. The highest BCUT2D eigenvalue weighted by atomic mass is 32.2. The van der Waals surface area contributed by atoms with Gasteiger partial charge < -0.3 is 5.32 Å². The Labute approximate surface area is 151 Å². The zero-order chi connectivity index (χ0) is 18.4. The van der Waals surface area contributed by atoms with Crippen molar-refractivity contribution in [3.63, 3.8) is 0 Å². The molecule has 5 nitrogen and oxygen atoms in total. The van der Waals surface area contributed by atoms with E-state index in [4.69, 9.17) is 0 Å². The molecular weight excluding hydrogens is 336 g/mol. The summed E-state index contributed by atoms with van der Waals surface area (Å²) in [7, 11) is -3.34. The van der Waals surface area contributed by atoms with Crippen LogP contribution in [0.3, 0.4) is 0 Å². The van der Waals surface area contributed by atoms with E-state index in [1.54, 1.807) is 4.31 Å². The lowest BCUT2D eigenvalue weighted by atomic mass is 9.96. The average molecular weight is 367 g/mol. The zero-order valence-corrected chi connectivity index (χ0v) is 16.3. The van der Waals surface area contributed by atoms with Gasteiger partial charge >= 0.3 is 0 Å². The quantitative estimate of drug-likeness (QED) is 0.807. The number of sulfonamides is 1. The van der Waals surface area contributed by atoms with Gasteiger partial charge in [0.1, 0.15) is 0 Å². The van der Waals surface area contributed by atoms with Gasteiger partial charge in [0.15, 0.2) is 0 Å². The van der Waals surface area contributed by atoms with E-state index in [0.717, 1.165) is 24.0 Å². The summed E-state index contributed by atoms with van der Waals surface area (Å²) in [6.45, 7) is 6.91. The lowest BCUT2D eigenvalue weighted by Crippen LogP contribution is -2.45. The summed E-state index contributed by atoms with van der Waals surface area (Å²) in [6, 6.07) is 7.79. The Morgan fingerprint density at radius 3 is 2.36 bits per heavy atom. The highest BCUT2D eigenvalue weighted by molar-refractivity contribution is 7.88. The fourth-order valence-electron chi connectivity index (χ4n) is 3.27. The molecule has 1 aromatic carbocycles. The second-order valence-electron chi connectivity index (χ2n) is 6.88. The second-order valence-corrected chi connectivity index (χ2v) is 8.85. The number of nitrogens with one attached hydrogen (secondary N) is 1. The first kappa shape index (κ1) is 19.9. The zero-order valence-electron chi connectivity index (χ0n) is 15.5. The maximum atomic E-state index is 12.7. The van der Waals surface area contributed by atoms with Crippen molar-refractivity contribution in [1.82, 2.24) is 9.62 Å². The fraction of sp³-hybridized carbons (Fsp3) is 0.632. The first-order chi connectivity index (χ1) is 11.9. The van der Waals surface area contributed by atoms with Crippen LogP contribution in [-0.4, -0.2) is 37.8 Å². The van der Waals surface area contributed by atoms with E-state index in [-0.39, 0.29) is 23.6 Å². The number of hydrogen-bond donors (Lipinski definition) is 1. The Morgan fingerprint density at radius 2 is 1.80 bits per heavy atom. The molecule has 2 rings (SSSR count). The van der Waals surface area contributed by atoms with Crippen LogP contribution in [0.2, 0.25) is 0 Å². The normalized spacial score (nSPS) is 17.0. The largest absolute Gasteiger partial charge is 0.353 e. The molecule has 1 aliphatic heterocycles. The Balaban J connectivity index is 1.92. The Bertz CT molecular complexity index is 676. The first-order valence-corrected chi connectivity index (χ1v) is 10.8. The monoisotopic (exact) mass is 366 g/mol. The maximum absolute atomic E-state index is 12.7. The van der Waals surface area contributed by atoms with Gasteiger partial charge in [0.2, 0.25) is 15.9 Å². The van der Waals surface area contributed by atoms with E-state index in [0.29, 0.717) is 25.9 Å². The van der Waals surface area contributed by atoms with Crippen LogP contribution >= 0.6 is 0 Å². The third-order valence-electron chi connectivity index (χ3n) is 5.15. The van der Waals surface area contributed by atoms with Crippen molar-refractivity contribution < 1.29 is 13.2 Å². The van der Waals surface area contributed by atoms with E-state index in [2.05, 4.69) is 19.2 Å². The Kier molecular flexibility index (Phi) is 7.02. The van der Waals surface area contributed by atoms with Crippen molar-refractivity contribution in [2.24, 2.45) is 5.92 Å². The number of hydrogen-bond acceptors (Lipinski definition) is 3. The van der Waals surface area contributed by atoms with Crippen LogP contribution in [0.4, 0.5) is 0 Å². The van der Waals surface area contributed by atoms with Crippen LogP contribution in [0.5, 0.6) is 0 Å². The molecule has 0 saturated carbocycles. The first-order valence-electron chi connectivity index (χ1n) is 9.20. The predicted molar refractivity (Wildman–Crippen MR) is 101 cm³/mol. The highest BCUT2D eigenvalue weighted by Gasteiger charge is 2.31. The molecule has 0 aromatic heterocycles. The van der Waals surface area contributed by atoms with Crippen LogP contribution in [0.15, 0.2) is 24.3 Å². The molecule has 0 spiro atoms. The SMILES string of the molecule is CCC(CC)NC(=O)C1CCN(S(=O)(=O)Cc2ccccc2C)CC1. The van der Waals surface area contributed by atoms with Crippen molar-refractivity contribution in [3.8, 4) is 0 Å². The van der Waals surface area contributed by atoms with Crippen LogP contribution in [0.1, 0.15) is 50.7 Å². The molecule has 25 heavy (non-hydrogen) atoms. The third-order valence-corrected chi connectivity index (χ3v) is 6.98. The number of benzene rings is 1. The topological polar surface area (TPSA) is 66.5 Å². The minimum absolute atomic E-state index is 0.0320. The number of carbonyl (C=O) groups excluding carboxylic acids is 1. The summed E-state index contributed by atoms with van der Waals surface area (Å²) in [5, 5.41) is 3.08. The molecule has 1 aliphatic rings. The molecule has 140 valence electrons. The predicted octanol–water partition coefficient (Wildman–Crippen LogP) is 2.84.